The summed E-state index contributed by atoms with van der Waals surface area (Å²) in [5.74, 6) is -3.11. The number of aromatic nitrogens is 3. The topological polar surface area (TPSA) is 96.9 Å². The Kier molecular flexibility index (Phi) is 6.12. The van der Waals surface area contributed by atoms with Crippen molar-refractivity contribution < 1.29 is 27.2 Å². The number of halogens is 4. The third-order valence-electron chi connectivity index (χ3n) is 5.75. The maximum Gasteiger partial charge on any atom is 0.417 e. The van der Waals surface area contributed by atoms with E-state index in [0.29, 0.717) is 29.9 Å². The summed E-state index contributed by atoms with van der Waals surface area (Å²) in [7, 11) is 0. The highest BCUT2D eigenvalue weighted by Crippen LogP contribution is 2.38. The van der Waals surface area contributed by atoms with Crippen molar-refractivity contribution in [1.29, 1.82) is 0 Å². The predicted octanol–water partition coefficient (Wildman–Crippen LogP) is 4.90. The quantitative estimate of drug-likeness (QED) is 0.383. The van der Waals surface area contributed by atoms with E-state index in [-0.39, 0.29) is 29.0 Å². The molecule has 11 heteroatoms. The first-order chi connectivity index (χ1) is 17.7. The van der Waals surface area contributed by atoms with Gasteiger partial charge in [0.1, 0.15) is 5.82 Å². The van der Waals surface area contributed by atoms with Crippen LogP contribution in [-0.2, 0) is 12.6 Å². The van der Waals surface area contributed by atoms with Crippen LogP contribution >= 0.6 is 0 Å². The molecule has 0 aliphatic carbocycles. The van der Waals surface area contributed by atoms with Crippen molar-refractivity contribution in [3.8, 4) is 22.6 Å². The zero-order valence-electron chi connectivity index (χ0n) is 18.9. The minimum absolute atomic E-state index is 0.101. The maximum absolute atomic E-state index is 14.9. The van der Waals surface area contributed by atoms with Gasteiger partial charge >= 0.3 is 6.18 Å². The second-order valence-electron chi connectivity index (χ2n) is 8.15. The highest BCUT2D eigenvalue weighted by molar-refractivity contribution is 6.08. The molecule has 2 amide bonds. The summed E-state index contributed by atoms with van der Waals surface area (Å²) < 4.78 is 55.9. The summed E-state index contributed by atoms with van der Waals surface area (Å²) in [4.78, 5) is 37.8. The summed E-state index contributed by atoms with van der Waals surface area (Å²) in [5, 5.41) is 5.22. The third-order valence-corrected chi connectivity index (χ3v) is 5.75. The molecular weight excluding hydrogens is 490 g/mol. The standard InChI is InChI=1S/C26H17F4N5O2/c27-19-13-18(26(28,29)30)15(23-31-8-4-9-32-23)11-16(19)25(37)35-21-12-17-20(7-10-33-24(17)36)34-22(21)14-5-2-1-3-6-14/h1-6,8-9,11-13H,7,10H2,(H,33,36)(H,35,37). The minimum atomic E-state index is -4.92. The summed E-state index contributed by atoms with van der Waals surface area (Å²) in [6.45, 7) is 0.403. The Bertz CT molecular complexity index is 1510. The molecule has 186 valence electrons. The lowest BCUT2D eigenvalue weighted by Crippen LogP contribution is -2.33. The number of carbonyl (C=O) groups is 2. The zero-order chi connectivity index (χ0) is 26.2. The van der Waals surface area contributed by atoms with E-state index in [1.165, 1.54) is 24.5 Å². The zero-order valence-corrected chi connectivity index (χ0v) is 18.9. The smallest absolute Gasteiger partial charge is 0.352 e. The second kappa shape index (κ2) is 9.41. The highest BCUT2D eigenvalue weighted by atomic mass is 19.4. The number of nitrogens with zero attached hydrogens (tertiary/aromatic N) is 3. The fraction of sp³-hybridized carbons (Fsp3) is 0.115. The molecular formula is C26H17F4N5O2. The van der Waals surface area contributed by atoms with E-state index >= 15 is 0 Å². The largest absolute Gasteiger partial charge is 0.417 e. The summed E-state index contributed by atoms with van der Waals surface area (Å²) >= 11 is 0. The Hall–Kier alpha value is -4.67. The Morgan fingerprint density at radius 3 is 2.41 bits per heavy atom. The number of carbonyl (C=O) groups excluding carboxylic acids is 2. The van der Waals surface area contributed by atoms with Crippen LogP contribution in [0.5, 0.6) is 0 Å². The Balaban J connectivity index is 1.61. The van der Waals surface area contributed by atoms with Gasteiger partial charge in [0.05, 0.1) is 33.8 Å². The first-order valence-corrected chi connectivity index (χ1v) is 11.1. The van der Waals surface area contributed by atoms with Crippen LogP contribution < -0.4 is 10.6 Å². The average Bonchev–Trinajstić information content (AvgIpc) is 2.89. The fourth-order valence-electron chi connectivity index (χ4n) is 4.03. The van der Waals surface area contributed by atoms with Crippen molar-refractivity contribution in [3.63, 3.8) is 0 Å². The molecule has 7 nitrogen and oxygen atoms in total. The van der Waals surface area contributed by atoms with E-state index in [0.717, 1.165) is 6.07 Å². The van der Waals surface area contributed by atoms with Crippen molar-refractivity contribution >= 4 is 17.5 Å². The number of nitrogens with one attached hydrogen (secondary N) is 2. The van der Waals surface area contributed by atoms with Crippen LogP contribution in [0.15, 0.2) is 67.0 Å². The normalized spacial score (nSPS) is 13.0. The molecule has 2 aromatic heterocycles. The molecule has 0 saturated heterocycles. The van der Waals surface area contributed by atoms with E-state index in [4.69, 9.17) is 0 Å². The average molecular weight is 507 g/mol. The number of alkyl halides is 3. The van der Waals surface area contributed by atoms with Crippen molar-refractivity contribution in [2.24, 2.45) is 0 Å². The van der Waals surface area contributed by atoms with E-state index < -0.39 is 34.6 Å². The van der Waals surface area contributed by atoms with Crippen molar-refractivity contribution in [1.82, 2.24) is 20.3 Å². The molecule has 0 bridgehead atoms. The van der Waals surface area contributed by atoms with Crippen LogP contribution in [0, 0.1) is 5.82 Å². The van der Waals surface area contributed by atoms with Gasteiger partial charge in [-0.15, -0.1) is 0 Å². The molecule has 0 spiro atoms. The van der Waals surface area contributed by atoms with Crippen LogP contribution in [0.1, 0.15) is 32.0 Å². The molecule has 4 aromatic rings. The van der Waals surface area contributed by atoms with Crippen LogP contribution in [0.4, 0.5) is 23.2 Å². The Morgan fingerprint density at radius 1 is 0.973 bits per heavy atom. The van der Waals surface area contributed by atoms with Gasteiger partial charge in [-0.1, -0.05) is 30.3 Å². The van der Waals surface area contributed by atoms with Gasteiger partial charge in [0.2, 0.25) is 0 Å². The summed E-state index contributed by atoms with van der Waals surface area (Å²) in [6, 6.07) is 12.7. The molecule has 0 unspecified atom stereocenters. The van der Waals surface area contributed by atoms with E-state index in [9.17, 15) is 27.2 Å². The number of amides is 2. The Labute approximate surface area is 207 Å². The second-order valence-corrected chi connectivity index (χ2v) is 8.15. The van der Waals surface area contributed by atoms with Gasteiger partial charge < -0.3 is 10.6 Å². The lowest BCUT2D eigenvalue weighted by Gasteiger charge is -2.20. The molecule has 0 fully saturated rings. The highest BCUT2D eigenvalue weighted by Gasteiger charge is 2.36. The van der Waals surface area contributed by atoms with Gasteiger partial charge in [0, 0.05) is 36.5 Å². The third kappa shape index (κ3) is 4.75. The first-order valence-electron chi connectivity index (χ1n) is 11.1. The summed E-state index contributed by atoms with van der Waals surface area (Å²) in [6.07, 6.45) is -1.97. The fourth-order valence-corrected chi connectivity index (χ4v) is 4.03. The molecule has 5 rings (SSSR count). The van der Waals surface area contributed by atoms with Gasteiger partial charge in [0.25, 0.3) is 11.8 Å². The monoisotopic (exact) mass is 507 g/mol. The van der Waals surface area contributed by atoms with Gasteiger partial charge in [-0.25, -0.2) is 19.3 Å². The van der Waals surface area contributed by atoms with Crippen molar-refractivity contribution in [2.45, 2.75) is 12.6 Å². The molecule has 1 aliphatic rings. The number of hydrogen-bond donors (Lipinski definition) is 2. The predicted molar refractivity (Wildman–Crippen MR) is 126 cm³/mol. The minimum Gasteiger partial charge on any atom is -0.352 e. The summed E-state index contributed by atoms with van der Waals surface area (Å²) in [5.41, 5.74) is -0.687. The molecule has 0 atom stereocenters. The van der Waals surface area contributed by atoms with Crippen molar-refractivity contribution in [3.05, 3.63) is 95.2 Å². The van der Waals surface area contributed by atoms with Crippen LogP contribution in [0.2, 0.25) is 0 Å². The van der Waals surface area contributed by atoms with Crippen LogP contribution in [-0.4, -0.2) is 33.3 Å². The number of benzene rings is 2. The number of fused-ring (bicyclic) bond motifs is 1. The van der Waals surface area contributed by atoms with E-state index in [2.05, 4.69) is 25.6 Å². The van der Waals surface area contributed by atoms with Crippen molar-refractivity contribution in [2.75, 3.05) is 11.9 Å². The van der Waals surface area contributed by atoms with Gasteiger partial charge in [-0.05, 0) is 24.3 Å². The number of hydrogen-bond acceptors (Lipinski definition) is 5. The first kappa shape index (κ1) is 24.0. The molecule has 2 aromatic carbocycles. The van der Waals surface area contributed by atoms with Gasteiger partial charge in [-0.3, -0.25) is 9.59 Å². The molecule has 1 aliphatic heterocycles. The molecule has 37 heavy (non-hydrogen) atoms. The number of anilines is 1. The van der Waals surface area contributed by atoms with Crippen LogP contribution in [0.3, 0.4) is 0 Å². The Morgan fingerprint density at radius 2 is 1.70 bits per heavy atom. The van der Waals surface area contributed by atoms with Gasteiger partial charge in [0.15, 0.2) is 5.82 Å². The molecule has 0 radical (unpaired) electrons. The number of pyridine rings is 1. The lowest BCUT2D eigenvalue weighted by molar-refractivity contribution is -0.137. The number of rotatable bonds is 4. The lowest BCUT2D eigenvalue weighted by atomic mass is 10.00. The van der Waals surface area contributed by atoms with E-state index in [1.807, 2.05) is 0 Å². The molecule has 3 heterocycles. The molecule has 2 N–H and O–H groups in total. The molecule has 0 saturated carbocycles. The maximum atomic E-state index is 14.9. The van der Waals surface area contributed by atoms with Crippen LogP contribution in [0.25, 0.3) is 22.6 Å². The SMILES string of the molecule is O=C(Nc1cc2c(nc1-c1ccccc1)CCNC2=O)c1cc(-c2ncccn2)c(C(F)(F)F)cc1F. The van der Waals surface area contributed by atoms with Gasteiger partial charge in [-0.2, -0.15) is 13.2 Å². The van der Waals surface area contributed by atoms with E-state index in [1.54, 1.807) is 30.3 Å².